The molecule has 72 valence electrons. The Kier molecular flexibility index (Phi) is 13.6. The molecule has 0 heterocycles. The average Bonchev–Trinajstić information content (AvgIpc) is 1.95. The maximum atomic E-state index is 8.66. The maximum absolute atomic E-state index is 8.66. The van der Waals surface area contributed by atoms with Crippen molar-refractivity contribution in [3.05, 3.63) is 0 Å². The molecule has 0 saturated heterocycles. The third-order valence-electron chi connectivity index (χ3n) is 1.76. The van der Waals surface area contributed by atoms with Gasteiger partial charge in [0.1, 0.15) is 0 Å². The minimum Gasteiger partial charge on any atom is -0.396 e. The van der Waals surface area contributed by atoms with Gasteiger partial charge in [0.05, 0.1) is 19.8 Å². The minimum atomic E-state index is -0.667. The van der Waals surface area contributed by atoms with Gasteiger partial charge in [0.25, 0.3) is 0 Å². The normalized spacial score (nSPS) is 9.82. The second-order valence-electron chi connectivity index (χ2n) is 2.33. The SMILES string of the molecule is CCC(CO)(CO)CO.Cl.Cl. The van der Waals surface area contributed by atoms with Crippen molar-refractivity contribution in [3.8, 4) is 0 Å². The number of rotatable bonds is 4. The highest BCUT2D eigenvalue weighted by Gasteiger charge is 2.24. The summed E-state index contributed by atoms with van der Waals surface area (Å²) in [6, 6.07) is 0. The molecule has 0 aliphatic carbocycles. The van der Waals surface area contributed by atoms with Crippen molar-refractivity contribution in [2.45, 2.75) is 13.3 Å². The lowest BCUT2D eigenvalue weighted by Gasteiger charge is -2.24. The van der Waals surface area contributed by atoms with Crippen molar-refractivity contribution in [1.82, 2.24) is 0 Å². The minimum absolute atomic E-state index is 0. The van der Waals surface area contributed by atoms with Gasteiger partial charge in [-0.25, -0.2) is 0 Å². The van der Waals surface area contributed by atoms with Crippen LogP contribution in [-0.2, 0) is 0 Å². The Balaban J connectivity index is -0.000000320. The van der Waals surface area contributed by atoms with Gasteiger partial charge in [-0.1, -0.05) is 6.92 Å². The quantitative estimate of drug-likeness (QED) is 0.617. The molecule has 0 aliphatic heterocycles. The fourth-order valence-electron chi connectivity index (χ4n) is 0.485. The fourth-order valence-corrected chi connectivity index (χ4v) is 0.485. The molecule has 3 N–H and O–H groups in total. The van der Waals surface area contributed by atoms with Crippen LogP contribution >= 0.6 is 24.8 Å². The highest BCUT2D eigenvalue weighted by molar-refractivity contribution is 5.85. The average molecular weight is 207 g/mol. The Bertz CT molecular complexity index is 58.7. The third kappa shape index (κ3) is 4.82. The molecule has 3 nitrogen and oxygen atoms in total. The third-order valence-corrected chi connectivity index (χ3v) is 1.76. The first kappa shape index (κ1) is 17.5. The molecule has 0 aromatic carbocycles. The largest absolute Gasteiger partial charge is 0.396 e. The summed E-state index contributed by atoms with van der Waals surface area (Å²) in [7, 11) is 0. The zero-order chi connectivity index (χ0) is 7.33. The van der Waals surface area contributed by atoms with Crippen LogP contribution in [-0.4, -0.2) is 35.1 Å². The molecule has 0 spiro atoms. The van der Waals surface area contributed by atoms with Crippen molar-refractivity contribution in [1.29, 1.82) is 0 Å². The van der Waals surface area contributed by atoms with Gasteiger partial charge >= 0.3 is 0 Å². The van der Waals surface area contributed by atoms with Crippen molar-refractivity contribution >= 4 is 24.8 Å². The van der Waals surface area contributed by atoms with Crippen LogP contribution < -0.4 is 0 Å². The van der Waals surface area contributed by atoms with Gasteiger partial charge in [-0.15, -0.1) is 24.8 Å². The van der Waals surface area contributed by atoms with Crippen LogP contribution in [0.25, 0.3) is 0 Å². The summed E-state index contributed by atoms with van der Waals surface area (Å²) in [5.41, 5.74) is -0.667. The van der Waals surface area contributed by atoms with Crippen LogP contribution in [0, 0.1) is 5.41 Å². The van der Waals surface area contributed by atoms with Crippen molar-refractivity contribution in [3.63, 3.8) is 0 Å². The van der Waals surface area contributed by atoms with Crippen LogP contribution in [0.1, 0.15) is 13.3 Å². The Morgan fingerprint density at radius 3 is 1.18 bits per heavy atom. The first-order valence-corrected chi connectivity index (χ1v) is 3.07. The smallest absolute Gasteiger partial charge is 0.0531 e. The van der Waals surface area contributed by atoms with Crippen LogP contribution in [0.15, 0.2) is 0 Å². The van der Waals surface area contributed by atoms with Gasteiger partial charge in [-0.05, 0) is 6.42 Å². The molecule has 0 amide bonds. The Hall–Kier alpha value is 0.460. The Morgan fingerprint density at radius 2 is 1.18 bits per heavy atom. The summed E-state index contributed by atoms with van der Waals surface area (Å²) >= 11 is 0. The molecule has 0 aromatic rings. The first-order chi connectivity index (χ1) is 4.24. The molecular formula is C6H16Cl2O3. The van der Waals surface area contributed by atoms with E-state index in [0.717, 1.165) is 0 Å². The zero-order valence-electron chi connectivity index (χ0n) is 6.49. The first-order valence-electron chi connectivity index (χ1n) is 3.07. The lowest BCUT2D eigenvalue weighted by molar-refractivity contribution is 0.00304. The highest BCUT2D eigenvalue weighted by atomic mass is 35.5. The summed E-state index contributed by atoms with van der Waals surface area (Å²) < 4.78 is 0. The van der Waals surface area contributed by atoms with E-state index in [1.54, 1.807) is 0 Å². The molecule has 0 saturated carbocycles. The summed E-state index contributed by atoms with van der Waals surface area (Å²) in [5, 5.41) is 26.0. The summed E-state index contributed by atoms with van der Waals surface area (Å²) in [5.74, 6) is 0. The van der Waals surface area contributed by atoms with E-state index in [1.165, 1.54) is 0 Å². The lowest BCUT2D eigenvalue weighted by atomic mass is 9.88. The van der Waals surface area contributed by atoms with E-state index >= 15 is 0 Å². The van der Waals surface area contributed by atoms with Crippen LogP contribution in [0.2, 0.25) is 0 Å². The van der Waals surface area contributed by atoms with Crippen LogP contribution in [0.3, 0.4) is 0 Å². The van der Waals surface area contributed by atoms with Gasteiger partial charge in [0.15, 0.2) is 0 Å². The number of hydrogen-bond acceptors (Lipinski definition) is 3. The second kappa shape index (κ2) is 8.56. The van der Waals surface area contributed by atoms with E-state index in [9.17, 15) is 0 Å². The van der Waals surface area contributed by atoms with Gasteiger partial charge in [-0.2, -0.15) is 0 Å². The molecule has 0 aliphatic rings. The van der Waals surface area contributed by atoms with Gasteiger partial charge in [0.2, 0.25) is 0 Å². The Morgan fingerprint density at radius 1 is 0.909 bits per heavy atom. The van der Waals surface area contributed by atoms with Gasteiger partial charge in [-0.3, -0.25) is 0 Å². The zero-order valence-corrected chi connectivity index (χ0v) is 8.12. The summed E-state index contributed by atoms with van der Waals surface area (Å²) in [6.07, 6.45) is 0.594. The van der Waals surface area contributed by atoms with E-state index in [4.69, 9.17) is 15.3 Å². The topological polar surface area (TPSA) is 60.7 Å². The monoisotopic (exact) mass is 206 g/mol. The van der Waals surface area contributed by atoms with Crippen LogP contribution in [0.4, 0.5) is 0 Å². The maximum Gasteiger partial charge on any atom is 0.0531 e. The number of hydrogen-bond donors (Lipinski definition) is 3. The molecule has 0 atom stereocenters. The van der Waals surface area contributed by atoms with Crippen LogP contribution in [0.5, 0.6) is 0 Å². The van der Waals surface area contributed by atoms with Crippen molar-refractivity contribution in [2.24, 2.45) is 5.41 Å². The van der Waals surface area contributed by atoms with Crippen molar-refractivity contribution < 1.29 is 15.3 Å². The highest BCUT2D eigenvalue weighted by Crippen LogP contribution is 2.18. The number of halogens is 2. The molecule has 0 unspecified atom stereocenters. The molecule has 0 fully saturated rings. The molecule has 0 rings (SSSR count). The standard InChI is InChI=1S/C6H14O3.2ClH/c1-2-6(3-7,4-8)5-9;;/h7-9H,2-5H2,1H3;2*1H. The number of aliphatic hydroxyl groups excluding tert-OH is 3. The van der Waals surface area contributed by atoms with Gasteiger partial charge in [0, 0.05) is 5.41 Å². The molecular weight excluding hydrogens is 191 g/mol. The van der Waals surface area contributed by atoms with Crippen molar-refractivity contribution in [2.75, 3.05) is 19.8 Å². The van der Waals surface area contributed by atoms with E-state index in [0.29, 0.717) is 6.42 Å². The predicted octanol–water partition coefficient (Wildman–Crippen LogP) is 0.203. The van der Waals surface area contributed by atoms with E-state index in [1.807, 2.05) is 6.92 Å². The summed E-state index contributed by atoms with van der Waals surface area (Å²) in [4.78, 5) is 0. The van der Waals surface area contributed by atoms with Gasteiger partial charge < -0.3 is 15.3 Å². The van der Waals surface area contributed by atoms with E-state index in [-0.39, 0.29) is 44.6 Å². The van der Waals surface area contributed by atoms with E-state index in [2.05, 4.69) is 0 Å². The fraction of sp³-hybridized carbons (Fsp3) is 1.00. The predicted molar refractivity (Wildman–Crippen MR) is 48.5 cm³/mol. The Labute approximate surface area is 79.3 Å². The second-order valence-corrected chi connectivity index (χ2v) is 2.33. The molecule has 0 aromatic heterocycles. The molecule has 5 heteroatoms. The molecule has 0 bridgehead atoms. The molecule has 0 radical (unpaired) electrons. The summed E-state index contributed by atoms with van der Waals surface area (Å²) in [6.45, 7) is 1.35. The van der Waals surface area contributed by atoms with E-state index < -0.39 is 5.41 Å². The lowest BCUT2D eigenvalue weighted by Crippen LogP contribution is -2.32. The molecule has 11 heavy (non-hydrogen) atoms. The number of aliphatic hydroxyl groups is 3.